The minimum Gasteiger partial charge on any atom is -0.258 e. The van der Waals surface area contributed by atoms with Gasteiger partial charge in [-0.05, 0) is 6.07 Å². The average molecular weight is 295 g/mol. The number of nitrogens with zero attached hydrogens (tertiary/aromatic N) is 2. The molecule has 0 N–H and O–H groups in total. The molecule has 0 bridgehead atoms. The van der Waals surface area contributed by atoms with Gasteiger partial charge >= 0.3 is 6.18 Å². The van der Waals surface area contributed by atoms with Crippen LogP contribution in [0.3, 0.4) is 0 Å². The molecule has 0 aliphatic carbocycles. The van der Waals surface area contributed by atoms with Gasteiger partial charge in [-0.25, -0.2) is 0 Å². The fourth-order valence-corrected chi connectivity index (χ4v) is 1.66. The molecule has 0 saturated heterocycles. The van der Waals surface area contributed by atoms with Gasteiger partial charge in [0.25, 0.3) is 5.69 Å². The summed E-state index contributed by atoms with van der Waals surface area (Å²) in [4.78, 5) is 9.42. The largest absolute Gasteiger partial charge is 0.419 e. The average Bonchev–Trinajstić information content (AvgIpc) is 2.14. The topological polar surface area (TPSA) is 66.9 Å². The van der Waals surface area contributed by atoms with Crippen LogP contribution in [0.15, 0.2) is 16.6 Å². The minimum absolute atomic E-state index is 0.401. The van der Waals surface area contributed by atoms with Crippen molar-refractivity contribution in [3.8, 4) is 6.07 Å². The van der Waals surface area contributed by atoms with E-state index in [2.05, 4.69) is 15.9 Å². The number of rotatable bonds is 1. The zero-order valence-electron chi connectivity index (χ0n) is 7.38. The molecule has 4 nitrogen and oxygen atoms in total. The second-order valence-corrected chi connectivity index (χ2v) is 3.54. The van der Waals surface area contributed by atoms with E-state index in [-0.39, 0.29) is 0 Å². The highest BCUT2D eigenvalue weighted by Crippen LogP contribution is 2.40. The lowest BCUT2D eigenvalue weighted by molar-refractivity contribution is -0.385. The van der Waals surface area contributed by atoms with Gasteiger partial charge in [0.05, 0.1) is 10.5 Å². The summed E-state index contributed by atoms with van der Waals surface area (Å²) in [6, 6.07) is 2.94. The van der Waals surface area contributed by atoms with Crippen molar-refractivity contribution in [2.75, 3.05) is 0 Å². The quantitative estimate of drug-likeness (QED) is 0.590. The number of benzene rings is 1. The first kappa shape index (κ1) is 12.4. The third kappa shape index (κ3) is 2.14. The Morgan fingerprint density at radius 2 is 2.00 bits per heavy atom. The van der Waals surface area contributed by atoms with Crippen LogP contribution in [0, 0.1) is 21.4 Å². The lowest BCUT2D eigenvalue weighted by Crippen LogP contribution is -2.10. The van der Waals surface area contributed by atoms with E-state index in [0.29, 0.717) is 0 Å². The molecular weight excluding hydrogens is 293 g/mol. The zero-order chi connectivity index (χ0) is 12.5. The van der Waals surface area contributed by atoms with Gasteiger partial charge in [0.1, 0.15) is 11.6 Å². The maximum absolute atomic E-state index is 12.5. The van der Waals surface area contributed by atoms with Crippen LogP contribution in [0.25, 0.3) is 0 Å². The second kappa shape index (κ2) is 4.09. The van der Waals surface area contributed by atoms with Crippen LogP contribution in [0.5, 0.6) is 0 Å². The second-order valence-electron chi connectivity index (χ2n) is 2.68. The van der Waals surface area contributed by atoms with Gasteiger partial charge < -0.3 is 0 Å². The number of nitro groups is 1. The van der Waals surface area contributed by atoms with Crippen LogP contribution in [0.1, 0.15) is 11.1 Å². The Balaban J connectivity index is 3.66. The summed E-state index contributed by atoms with van der Waals surface area (Å²) in [5.74, 6) is 0. The third-order valence-corrected chi connectivity index (χ3v) is 2.39. The summed E-state index contributed by atoms with van der Waals surface area (Å²) in [7, 11) is 0. The minimum atomic E-state index is -4.82. The number of hydrogen-bond acceptors (Lipinski definition) is 3. The van der Waals surface area contributed by atoms with Crippen molar-refractivity contribution in [2.45, 2.75) is 6.18 Å². The van der Waals surface area contributed by atoms with E-state index in [1.165, 1.54) is 6.07 Å². The smallest absolute Gasteiger partial charge is 0.258 e. The fourth-order valence-electron chi connectivity index (χ4n) is 1.11. The van der Waals surface area contributed by atoms with Gasteiger partial charge in [0.15, 0.2) is 0 Å². The standard InChI is InChI=1S/C8H2BrF3N2O2/c9-5-1-2-6(14(15)16)4(3-13)7(5)8(10,11)12/h1-2H. The first-order valence-electron chi connectivity index (χ1n) is 3.73. The molecule has 0 aromatic heterocycles. The molecule has 0 amide bonds. The van der Waals surface area contributed by atoms with Gasteiger partial charge in [-0.15, -0.1) is 0 Å². The molecule has 0 fully saturated rings. The van der Waals surface area contributed by atoms with Gasteiger partial charge in [-0.2, -0.15) is 18.4 Å². The van der Waals surface area contributed by atoms with Crippen molar-refractivity contribution in [2.24, 2.45) is 0 Å². The van der Waals surface area contributed by atoms with Crippen molar-refractivity contribution in [1.82, 2.24) is 0 Å². The molecule has 0 heterocycles. The summed E-state index contributed by atoms with van der Waals surface area (Å²) in [6.45, 7) is 0. The van der Waals surface area contributed by atoms with E-state index < -0.39 is 32.4 Å². The SMILES string of the molecule is N#Cc1c([N+](=O)[O-])ccc(Br)c1C(F)(F)F. The summed E-state index contributed by atoms with van der Waals surface area (Å²) in [5.41, 5.74) is -3.19. The molecule has 16 heavy (non-hydrogen) atoms. The Morgan fingerprint density at radius 1 is 1.44 bits per heavy atom. The van der Waals surface area contributed by atoms with Crippen LogP contribution in [-0.4, -0.2) is 4.92 Å². The van der Waals surface area contributed by atoms with Crippen molar-refractivity contribution in [3.05, 3.63) is 37.8 Å². The molecular formula is C8H2BrF3N2O2. The van der Waals surface area contributed by atoms with Gasteiger partial charge in [-0.3, -0.25) is 10.1 Å². The predicted molar refractivity (Wildman–Crippen MR) is 50.5 cm³/mol. The number of hydrogen-bond donors (Lipinski definition) is 0. The highest BCUT2D eigenvalue weighted by Gasteiger charge is 2.39. The van der Waals surface area contributed by atoms with Crippen molar-refractivity contribution in [3.63, 3.8) is 0 Å². The van der Waals surface area contributed by atoms with E-state index >= 15 is 0 Å². The summed E-state index contributed by atoms with van der Waals surface area (Å²) in [6.07, 6.45) is -4.82. The molecule has 8 heteroatoms. The van der Waals surface area contributed by atoms with E-state index in [9.17, 15) is 23.3 Å². The summed E-state index contributed by atoms with van der Waals surface area (Å²) in [5, 5.41) is 19.0. The molecule has 84 valence electrons. The Bertz CT molecular complexity index is 493. The van der Waals surface area contributed by atoms with Crippen LogP contribution >= 0.6 is 15.9 Å². The molecule has 0 aliphatic rings. The molecule has 0 spiro atoms. The van der Waals surface area contributed by atoms with Crippen LogP contribution in [0.4, 0.5) is 18.9 Å². The number of halogens is 4. The first-order valence-corrected chi connectivity index (χ1v) is 4.52. The Hall–Kier alpha value is -1.62. The van der Waals surface area contributed by atoms with Gasteiger partial charge in [-0.1, -0.05) is 15.9 Å². The van der Waals surface area contributed by atoms with Crippen molar-refractivity contribution in [1.29, 1.82) is 5.26 Å². The summed E-state index contributed by atoms with van der Waals surface area (Å²) >= 11 is 2.61. The van der Waals surface area contributed by atoms with E-state index in [1.54, 1.807) is 0 Å². The number of nitro benzene ring substituents is 1. The molecule has 0 radical (unpaired) electrons. The normalized spacial score (nSPS) is 10.9. The highest BCUT2D eigenvalue weighted by atomic mass is 79.9. The third-order valence-electron chi connectivity index (χ3n) is 1.72. The lowest BCUT2D eigenvalue weighted by atomic mass is 10.1. The molecule has 0 aliphatic heterocycles. The van der Waals surface area contributed by atoms with Crippen LogP contribution < -0.4 is 0 Å². The highest BCUT2D eigenvalue weighted by molar-refractivity contribution is 9.10. The Kier molecular flexibility index (Phi) is 3.19. The lowest BCUT2D eigenvalue weighted by Gasteiger charge is -2.10. The maximum atomic E-state index is 12.5. The molecule has 1 aromatic rings. The number of alkyl halides is 3. The molecule has 1 rings (SSSR count). The van der Waals surface area contributed by atoms with Crippen molar-refractivity contribution < 1.29 is 18.1 Å². The first-order chi connectivity index (χ1) is 7.29. The van der Waals surface area contributed by atoms with E-state index in [4.69, 9.17) is 5.26 Å². The van der Waals surface area contributed by atoms with Crippen LogP contribution in [0.2, 0.25) is 0 Å². The van der Waals surface area contributed by atoms with Crippen molar-refractivity contribution >= 4 is 21.6 Å². The van der Waals surface area contributed by atoms with E-state index in [1.807, 2.05) is 0 Å². The Labute approximate surface area is 95.6 Å². The van der Waals surface area contributed by atoms with E-state index in [0.717, 1.165) is 12.1 Å². The van der Waals surface area contributed by atoms with Gasteiger partial charge in [0, 0.05) is 10.5 Å². The van der Waals surface area contributed by atoms with Gasteiger partial charge in [0.2, 0.25) is 0 Å². The van der Waals surface area contributed by atoms with Crippen LogP contribution in [-0.2, 0) is 6.18 Å². The summed E-state index contributed by atoms with van der Waals surface area (Å²) < 4.78 is 37.2. The maximum Gasteiger partial charge on any atom is 0.419 e. The number of nitriles is 1. The molecule has 0 saturated carbocycles. The molecule has 0 atom stereocenters. The monoisotopic (exact) mass is 294 g/mol. The Morgan fingerprint density at radius 3 is 2.38 bits per heavy atom. The zero-order valence-corrected chi connectivity index (χ0v) is 8.96. The molecule has 1 aromatic carbocycles. The predicted octanol–water partition coefficient (Wildman–Crippen LogP) is 3.25. The molecule has 0 unspecified atom stereocenters. The fraction of sp³-hybridized carbons (Fsp3) is 0.125.